The Labute approximate surface area is 192 Å². The molecule has 33 heavy (non-hydrogen) atoms. The van der Waals surface area contributed by atoms with E-state index in [0.717, 1.165) is 37.2 Å². The molecule has 2 unspecified atom stereocenters. The maximum absolute atomic E-state index is 13.9. The van der Waals surface area contributed by atoms with Gasteiger partial charge in [0.1, 0.15) is 17.3 Å². The van der Waals surface area contributed by atoms with Crippen molar-refractivity contribution in [1.29, 1.82) is 0 Å². The summed E-state index contributed by atoms with van der Waals surface area (Å²) >= 11 is 0. The molecule has 1 N–H and O–H groups in total. The molecule has 6 nitrogen and oxygen atoms in total. The maximum Gasteiger partial charge on any atom is 0.251 e. The van der Waals surface area contributed by atoms with Gasteiger partial charge in [0.05, 0.1) is 5.54 Å². The lowest BCUT2D eigenvalue weighted by Crippen LogP contribution is -2.56. The number of aryl methyl sites for hydroxylation is 1. The molecule has 0 bridgehead atoms. The summed E-state index contributed by atoms with van der Waals surface area (Å²) in [6.45, 7) is 5.64. The molecule has 2 aliphatic rings. The van der Waals surface area contributed by atoms with Crippen molar-refractivity contribution in [2.24, 2.45) is 0 Å². The number of carbonyl (C=O) groups excluding carboxylic acids is 1. The molecule has 1 saturated heterocycles. The van der Waals surface area contributed by atoms with Crippen LogP contribution in [-0.4, -0.2) is 43.8 Å². The number of carbonyl (C=O) groups is 1. The Kier molecular flexibility index (Phi) is 5.29. The molecular formula is C26H27FN4O2. The molecule has 5 rings (SSSR count). The van der Waals surface area contributed by atoms with Crippen LogP contribution in [0.25, 0.3) is 5.69 Å². The number of piperidine rings is 1. The monoisotopic (exact) mass is 446 g/mol. The Hall–Kier alpha value is -3.45. The summed E-state index contributed by atoms with van der Waals surface area (Å²) in [4.78, 5) is 16.9. The minimum absolute atomic E-state index is 0.0981. The minimum Gasteiger partial charge on any atom is -0.506 e. The van der Waals surface area contributed by atoms with Crippen molar-refractivity contribution in [3.05, 3.63) is 84.0 Å². The van der Waals surface area contributed by atoms with Crippen LogP contribution in [0.2, 0.25) is 0 Å². The summed E-state index contributed by atoms with van der Waals surface area (Å²) in [5.41, 5.74) is 2.86. The van der Waals surface area contributed by atoms with Gasteiger partial charge in [0, 0.05) is 42.8 Å². The second kappa shape index (κ2) is 8.15. The number of phenolic OH excluding ortho intramolecular Hbond substituents is 1. The summed E-state index contributed by atoms with van der Waals surface area (Å²) < 4.78 is 15.6. The predicted molar refractivity (Wildman–Crippen MR) is 125 cm³/mol. The zero-order valence-electron chi connectivity index (χ0n) is 18.8. The van der Waals surface area contributed by atoms with Crippen LogP contribution in [0.5, 0.6) is 5.75 Å². The SMILES string of the molecule is Cc1ccnn1-c1cc(CN2CCC3(C=CC(=O)N3c3cccc(F)c3)CC2C)ccc1O. The number of hydrogen-bond acceptors (Lipinski definition) is 4. The van der Waals surface area contributed by atoms with Crippen LogP contribution < -0.4 is 4.90 Å². The normalized spacial score (nSPS) is 23.1. The molecule has 2 atom stereocenters. The highest BCUT2D eigenvalue weighted by atomic mass is 19.1. The molecule has 1 fully saturated rings. The summed E-state index contributed by atoms with van der Waals surface area (Å²) in [5, 5.41) is 14.7. The molecule has 2 aromatic carbocycles. The Morgan fingerprint density at radius 1 is 1.21 bits per heavy atom. The summed E-state index contributed by atoms with van der Waals surface area (Å²) in [6, 6.07) is 14.0. The van der Waals surface area contributed by atoms with Crippen molar-refractivity contribution < 1.29 is 14.3 Å². The molecule has 3 heterocycles. The number of aromatic nitrogens is 2. The van der Waals surface area contributed by atoms with Gasteiger partial charge in [0.2, 0.25) is 0 Å². The van der Waals surface area contributed by atoms with E-state index in [2.05, 4.69) is 16.9 Å². The van der Waals surface area contributed by atoms with Crippen molar-refractivity contribution in [2.45, 2.75) is 44.8 Å². The molecule has 2 aliphatic heterocycles. The third-order valence-corrected chi connectivity index (χ3v) is 6.86. The fourth-order valence-electron chi connectivity index (χ4n) is 5.18. The number of aromatic hydroxyl groups is 1. The second-order valence-electron chi connectivity index (χ2n) is 9.07. The molecule has 170 valence electrons. The third kappa shape index (κ3) is 3.82. The summed E-state index contributed by atoms with van der Waals surface area (Å²) in [6.07, 6.45) is 6.85. The van der Waals surface area contributed by atoms with Gasteiger partial charge in [-0.15, -0.1) is 0 Å². The first-order valence-electron chi connectivity index (χ1n) is 11.2. The standard InChI is InChI=1S/C26H27FN4O2/c1-18-9-12-28-31(18)23-14-20(6-7-24(23)32)17-29-13-11-26(16-19(29)2)10-8-25(33)30(26)22-5-3-4-21(27)15-22/h3-10,12,14-15,19,32H,11,13,16-17H2,1-2H3. The van der Waals surface area contributed by atoms with E-state index in [4.69, 9.17) is 0 Å². The highest BCUT2D eigenvalue weighted by Crippen LogP contribution is 2.41. The fraction of sp³-hybridized carbons (Fsp3) is 0.308. The van der Waals surface area contributed by atoms with Crippen LogP contribution >= 0.6 is 0 Å². The average molecular weight is 447 g/mol. The molecule has 1 aromatic heterocycles. The van der Waals surface area contributed by atoms with E-state index in [0.29, 0.717) is 11.4 Å². The first kappa shape index (κ1) is 21.4. The minimum atomic E-state index is -0.437. The summed E-state index contributed by atoms with van der Waals surface area (Å²) in [7, 11) is 0. The average Bonchev–Trinajstić information content (AvgIpc) is 3.34. The zero-order chi connectivity index (χ0) is 23.2. The maximum atomic E-state index is 13.9. The first-order chi connectivity index (χ1) is 15.9. The van der Waals surface area contributed by atoms with Gasteiger partial charge >= 0.3 is 0 Å². The molecule has 1 spiro atoms. The van der Waals surface area contributed by atoms with E-state index in [1.165, 1.54) is 12.1 Å². The van der Waals surface area contributed by atoms with Crippen molar-refractivity contribution in [3.63, 3.8) is 0 Å². The van der Waals surface area contributed by atoms with Gasteiger partial charge in [-0.1, -0.05) is 18.2 Å². The van der Waals surface area contributed by atoms with Crippen LogP contribution in [0.4, 0.5) is 10.1 Å². The number of phenols is 1. The van der Waals surface area contributed by atoms with E-state index in [9.17, 15) is 14.3 Å². The van der Waals surface area contributed by atoms with Gasteiger partial charge in [-0.05, 0) is 68.7 Å². The van der Waals surface area contributed by atoms with Gasteiger partial charge in [-0.2, -0.15) is 5.10 Å². The van der Waals surface area contributed by atoms with Crippen LogP contribution in [0, 0.1) is 12.7 Å². The number of benzene rings is 2. The number of amides is 1. The highest BCUT2D eigenvalue weighted by molar-refractivity contribution is 6.06. The fourth-order valence-corrected chi connectivity index (χ4v) is 5.18. The third-order valence-electron chi connectivity index (χ3n) is 6.86. The number of halogens is 1. The summed E-state index contributed by atoms with van der Waals surface area (Å²) in [5.74, 6) is -0.251. The van der Waals surface area contributed by atoms with E-state index in [1.807, 2.05) is 31.2 Å². The quantitative estimate of drug-likeness (QED) is 0.647. The van der Waals surface area contributed by atoms with Crippen molar-refractivity contribution in [3.8, 4) is 11.4 Å². The van der Waals surface area contributed by atoms with E-state index in [1.54, 1.807) is 40.1 Å². The number of hydrogen-bond donors (Lipinski definition) is 1. The van der Waals surface area contributed by atoms with Gasteiger partial charge in [-0.3, -0.25) is 14.6 Å². The van der Waals surface area contributed by atoms with Gasteiger partial charge < -0.3 is 5.11 Å². The molecule has 0 radical (unpaired) electrons. The second-order valence-corrected chi connectivity index (χ2v) is 9.07. The first-order valence-corrected chi connectivity index (χ1v) is 11.2. The van der Waals surface area contributed by atoms with Crippen molar-refractivity contribution in [2.75, 3.05) is 11.4 Å². The lowest BCUT2D eigenvalue weighted by molar-refractivity contribution is -0.114. The Morgan fingerprint density at radius 2 is 2.06 bits per heavy atom. The Bertz CT molecular complexity index is 1240. The van der Waals surface area contributed by atoms with Crippen LogP contribution in [0.1, 0.15) is 31.0 Å². The number of rotatable bonds is 4. The molecule has 0 aliphatic carbocycles. The molecule has 0 saturated carbocycles. The Morgan fingerprint density at radius 3 is 2.79 bits per heavy atom. The van der Waals surface area contributed by atoms with Crippen LogP contribution in [-0.2, 0) is 11.3 Å². The zero-order valence-corrected chi connectivity index (χ0v) is 18.8. The van der Waals surface area contributed by atoms with E-state index in [-0.39, 0.29) is 23.5 Å². The lowest BCUT2D eigenvalue weighted by Gasteiger charge is -2.47. The lowest BCUT2D eigenvalue weighted by atomic mass is 9.82. The van der Waals surface area contributed by atoms with Gasteiger partial charge in [-0.25, -0.2) is 9.07 Å². The number of anilines is 1. The number of likely N-dealkylation sites (tertiary alicyclic amines) is 1. The molecular weight excluding hydrogens is 419 g/mol. The molecule has 3 aromatic rings. The highest BCUT2D eigenvalue weighted by Gasteiger charge is 2.46. The van der Waals surface area contributed by atoms with E-state index >= 15 is 0 Å². The molecule has 7 heteroatoms. The largest absolute Gasteiger partial charge is 0.506 e. The van der Waals surface area contributed by atoms with Crippen molar-refractivity contribution in [1.82, 2.24) is 14.7 Å². The molecule has 1 amide bonds. The van der Waals surface area contributed by atoms with Gasteiger partial charge in [0.25, 0.3) is 5.91 Å². The number of nitrogens with zero attached hydrogens (tertiary/aromatic N) is 4. The predicted octanol–water partition coefficient (Wildman–Crippen LogP) is 4.35. The van der Waals surface area contributed by atoms with Crippen LogP contribution in [0.15, 0.2) is 66.9 Å². The van der Waals surface area contributed by atoms with Crippen molar-refractivity contribution >= 4 is 11.6 Å². The van der Waals surface area contributed by atoms with Crippen LogP contribution in [0.3, 0.4) is 0 Å². The van der Waals surface area contributed by atoms with E-state index < -0.39 is 5.54 Å². The van der Waals surface area contributed by atoms with Gasteiger partial charge in [0.15, 0.2) is 0 Å². The topological polar surface area (TPSA) is 61.6 Å². The smallest absolute Gasteiger partial charge is 0.251 e. The Balaban J connectivity index is 1.36.